The van der Waals surface area contributed by atoms with Crippen molar-refractivity contribution in [3.05, 3.63) is 62.8 Å². The number of carbonyl (C=O) groups is 1. The first-order valence-electron chi connectivity index (χ1n) is 7.87. The summed E-state index contributed by atoms with van der Waals surface area (Å²) in [6, 6.07) is 6.53. The summed E-state index contributed by atoms with van der Waals surface area (Å²) < 4.78 is 45.3. The number of hydrogen-bond acceptors (Lipinski definition) is 4. The van der Waals surface area contributed by atoms with Gasteiger partial charge in [0.15, 0.2) is 0 Å². The van der Waals surface area contributed by atoms with Gasteiger partial charge in [-0.05, 0) is 65.4 Å². The summed E-state index contributed by atoms with van der Waals surface area (Å²) >= 11 is 1.54. The summed E-state index contributed by atoms with van der Waals surface area (Å²) in [5, 5.41) is 6.23. The second-order valence-corrected chi connectivity index (χ2v) is 6.86. The van der Waals surface area contributed by atoms with Crippen molar-refractivity contribution < 1.29 is 22.5 Å². The number of amides is 1. The van der Waals surface area contributed by atoms with Crippen molar-refractivity contribution in [2.24, 2.45) is 0 Å². The third kappa shape index (κ3) is 4.65. The number of nitrogens with one attached hydrogen (secondary N) is 1. The van der Waals surface area contributed by atoms with Gasteiger partial charge in [0.2, 0.25) is 17.6 Å². The average molecular weight is 487 g/mol. The summed E-state index contributed by atoms with van der Waals surface area (Å²) in [4.78, 5) is 16.1. The van der Waals surface area contributed by atoms with Crippen LogP contribution in [-0.4, -0.2) is 16.0 Å². The van der Waals surface area contributed by atoms with Gasteiger partial charge in [-0.15, -0.1) is 0 Å². The summed E-state index contributed by atoms with van der Waals surface area (Å²) in [7, 11) is 0. The molecule has 2 aromatic carbocycles. The zero-order valence-electron chi connectivity index (χ0n) is 14.0. The molecule has 0 bridgehead atoms. The number of aromatic nitrogens is 2. The van der Waals surface area contributed by atoms with Crippen molar-refractivity contribution >= 4 is 34.2 Å². The lowest BCUT2D eigenvalue weighted by Crippen LogP contribution is -2.13. The third-order valence-corrected chi connectivity index (χ3v) is 4.75. The maximum absolute atomic E-state index is 13.5. The molecule has 1 aromatic heterocycles. The van der Waals surface area contributed by atoms with Crippen LogP contribution < -0.4 is 5.32 Å². The minimum Gasteiger partial charge on any atom is -0.339 e. The van der Waals surface area contributed by atoms with Crippen molar-refractivity contribution in [1.29, 1.82) is 0 Å². The quantitative estimate of drug-likeness (QED) is 0.421. The fourth-order valence-corrected chi connectivity index (χ4v) is 2.64. The molecule has 27 heavy (non-hydrogen) atoms. The van der Waals surface area contributed by atoms with E-state index in [1.807, 2.05) is 0 Å². The maximum Gasteiger partial charge on any atom is 0.227 e. The van der Waals surface area contributed by atoms with E-state index in [1.165, 1.54) is 12.1 Å². The minimum absolute atomic E-state index is 0.0146. The standard InChI is InChI=1S/C18H13F3IN3O2/c1-9-6-10(2-3-12(9)19)18-24-16(27-25-18)5-4-15(26)23-11-7-13(20)17(22)14(21)8-11/h2-3,6-8H,4-5H2,1H3,(H,23,26). The predicted octanol–water partition coefficient (Wildman–Crippen LogP) is 4.64. The van der Waals surface area contributed by atoms with E-state index in [0.29, 0.717) is 11.1 Å². The zero-order valence-corrected chi connectivity index (χ0v) is 16.2. The van der Waals surface area contributed by atoms with Crippen molar-refractivity contribution in [3.8, 4) is 11.4 Å². The first kappa shape index (κ1) is 19.3. The van der Waals surface area contributed by atoms with Crippen molar-refractivity contribution in [3.63, 3.8) is 0 Å². The van der Waals surface area contributed by atoms with E-state index in [-0.39, 0.29) is 39.6 Å². The Kier molecular flexibility index (Phi) is 5.78. The molecule has 0 aliphatic heterocycles. The van der Waals surface area contributed by atoms with Crippen LogP contribution in [-0.2, 0) is 11.2 Å². The molecule has 0 unspecified atom stereocenters. The smallest absolute Gasteiger partial charge is 0.227 e. The van der Waals surface area contributed by atoms with Crippen molar-refractivity contribution in [2.75, 3.05) is 5.32 Å². The van der Waals surface area contributed by atoms with Gasteiger partial charge in [0, 0.05) is 24.1 Å². The molecule has 0 radical (unpaired) electrons. The molecule has 1 heterocycles. The Bertz CT molecular complexity index is 984. The number of benzene rings is 2. The topological polar surface area (TPSA) is 68.0 Å². The molecule has 0 saturated heterocycles. The van der Waals surface area contributed by atoms with Gasteiger partial charge in [-0.25, -0.2) is 13.2 Å². The number of rotatable bonds is 5. The van der Waals surface area contributed by atoms with Crippen LogP contribution in [0, 0.1) is 27.9 Å². The highest BCUT2D eigenvalue weighted by atomic mass is 127. The predicted molar refractivity (Wildman–Crippen MR) is 100 cm³/mol. The Morgan fingerprint density at radius 1 is 1.15 bits per heavy atom. The van der Waals surface area contributed by atoms with Crippen LogP contribution in [0.25, 0.3) is 11.4 Å². The molecule has 0 spiro atoms. The molecule has 0 aliphatic rings. The van der Waals surface area contributed by atoms with Crippen LogP contribution in [0.3, 0.4) is 0 Å². The van der Waals surface area contributed by atoms with E-state index in [0.717, 1.165) is 12.1 Å². The third-order valence-electron chi connectivity index (χ3n) is 3.72. The lowest BCUT2D eigenvalue weighted by Gasteiger charge is -2.06. The van der Waals surface area contributed by atoms with Crippen LogP contribution in [0.5, 0.6) is 0 Å². The van der Waals surface area contributed by atoms with Gasteiger partial charge in [-0.3, -0.25) is 4.79 Å². The molecule has 3 aromatic rings. The summed E-state index contributed by atoms with van der Waals surface area (Å²) in [5.41, 5.74) is 1.08. The number of hydrogen-bond donors (Lipinski definition) is 1. The number of nitrogens with zero attached hydrogens (tertiary/aromatic N) is 2. The number of halogens is 4. The first-order valence-corrected chi connectivity index (χ1v) is 8.95. The van der Waals surface area contributed by atoms with Crippen LogP contribution in [0.15, 0.2) is 34.9 Å². The Labute approximate surface area is 166 Å². The van der Waals surface area contributed by atoms with Crippen LogP contribution in [0.1, 0.15) is 17.9 Å². The summed E-state index contributed by atoms with van der Waals surface area (Å²) in [5.74, 6) is -1.77. The lowest BCUT2D eigenvalue weighted by molar-refractivity contribution is -0.116. The van der Waals surface area contributed by atoms with Crippen LogP contribution >= 0.6 is 22.6 Å². The Hall–Kier alpha value is -2.43. The van der Waals surface area contributed by atoms with E-state index >= 15 is 0 Å². The van der Waals surface area contributed by atoms with E-state index < -0.39 is 17.5 Å². The Balaban J connectivity index is 1.61. The van der Waals surface area contributed by atoms with E-state index in [1.54, 1.807) is 35.6 Å². The van der Waals surface area contributed by atoms with Gasteiger partial charge >= 0.3 is 0 Å². The largest absolute Gasteiger partial charge is 0.339 e. The highest BCUT2D eigenvalue weighted by Gasteiger charge is 2.13. The van der Waals surface area contributed by atoms with Gasteiger partial charge in [-0.2, -0.15) is 4.98 Å². The average Bonchev–Trinajstić information content (AvgIpc) is 3.09. The molecule has 140 valence electrons. The molecule has 0 fully saturated rings. The van der Waals surface area contributed by atoms with Gasteiger partial charge in [0.05, 0.1) is 3.57 Å². The fourth-order valence-electron chi connectivity index (χ4n) is 2.33. The second kappa shape index (κ2) is 8.07. The van der Waals surface area contributed by atoms with E-state index in [4.69, 9.17) is 4.52 Å². The Morgan fingerprint density at radius 3 is 2.52 bits per heavy atom. The molecule has 0 saturated carbocycles. The minimum atomic E-state index is -0.748. The van der Waals surface area contributed by atoms with Crippen LogP contribution in [0.4, 0.5) is 18.9 Å². The van der Waals surface area contributed by atoms with Crippen molar-refractivity contribution in [1.82, 2.24) is 10.1 Å². The second-order valence-electron chi connectivity index (χ2n) is 5.78. The van der Waals surface area contributed by atoms with Gasteiger partial charge in [0.1, 0.15) is 17.5 Å². The highest BCUT2D eigenvalue weighted by Crippen LogP contribution is 2.21. The molecule has 3 rings (SSSR count). The van der Waals surface area contributed by atoms with E-state index in [9.17, 15) is 18.0 Å². The summed E-state index contributed by atoms with van der Waals surface area (Å²) in [6.07, 6.45) is 0.133. The van der Waals surface area contributed by atoms with E-state index in [2.05, 4.69) is 15.5 Å². The molecular formula is C18H13F3IN3O2. The van der Waals surface area contributed by atoms with Crippen LogP contribution in [0.2, 0.25) is 0 Å². The number of anilines is 1. The maximum atomic E-state index is 13.5. The number of aryl methyl sites for hydroxylation is 2. The molecule has 5 nitrogen and oxygen atoms in total. The first-order chi connectivity index (χ1) is 12.8. The van der Waals surface area contributed by atoms with Crippen molar-refractivity contribution in [2.45, 2.75) is 19.8 Å². The molecule has 0 atom stereocenters. The lowest BCUT2D eigenvalue weighted by atomic mass is 10.1. The van der Waals surface area contributed by atoms with Gasteiger partial charge < -0.3 is 9.84 Å². The Morgan fingerprint density at radius 2 is 1.85 bits per heavy atom. The fraction of sp³-hybridized carbons (Fsp3) is 0.167. The highest BCUT2D eigenvalue weighted by molar-refractivity contribution is 14.1. The monoisotopic (exact) mass is 487 g/mol. The molecule has 9 heteroatoms. The normalized spacial score (nSPS) is 10.9. The van der Waals surface area contributed by atoms with Gasteiger partial charge in [-0.1, -0.05) is 5.16 Å². The zero-order chi connectivity index (χ0) is 19.6. The molecule has 1 amide bonds. The van der Waals surface area contributed by atoms with Gasteiger partial charge in [0.25, 0.3) is 0 Å². The molecule has 0 aliphatic carbocycles. The molecule has 1 N–H and O–H groups in total. The SMILES string of the molecule is Cc1cc(-c2noc(CCC(=O)Nc3cc(F)c(I)c(F)c3)n2)ccc1F. The number of carbonyl (C=O) groups excluding carboxylic acids is 1. The summed E-state index contributed by atoms with van der Waals surface area (Å²) in [6.45, 7) is 1.63. The molecular weight excluding hydrogens is 474 g/mol.